The molecular formula is C14H12Cl2N6. The predicted molar refractivity (Wildman–Crippen MR) is 89.9 cm³/mol. The molecule has 0 aliphatic heterocycles. The zero-order valence-corrected chi connectivity index (χ0v) is 12.9. The maximum absolute atomic E-state index is 5.99. The van der Waals surface area contributed by atoms with Crippen molar-refractivity contribution in [2.75, 3.05) is 16.8 Å². The Labute approximate surface area is 136 Å². The second kappa shape index (κ2) is 5.82. The smallest absolute Gasteiger partial charge is 0.222 e. The van der Waals surface area contributed by atoms with E-state index in [1.807, 2.05) is 6.07 Å². The molecule has 0 spiro atoms. The van der Waals surface area contributed by atoms with Gasteiger partial charge in [-0.3, -0.25) is 0 Å². The third kappa shape index (κ3) is 2.98. The quantitative estimate of drug-likeness (QED) is 0.680. The molecule has 0 radical (unpaired) electrons. The monoisotopic (exact) mass is 334 g/mol. The van der Waals surface area contributed by atoms with Gasteiger partial charge in [-0.15, -0.1) is 0 Å². The fraction of sp³-hybridized carbons (Fsp3) is 0.0714. The number of rotatable bonds is 3. The van der Waals surface area contributed by atoms with Gasteiger partial charge >= 0.3 is 0 Å². The van der Waals surface area contributed by atoms with Crippen molar-refractivity contribution in [3.63, 3.8) is 0 Å². The van der Waals surface area contributed by atoms with Crippen LogP contribution in [0.15, 0.2) is 30.3 Å². The van der Waals surface area contributed by atoms with Crippen LogP contribution in [-0.4, -0.2) is 15.0 Å². The van der Waals surface area contributed by atoms with Gasteiger partial charge in [-0.25, -0.2) is 9.97 Å². The molecule has 3 aromatic rings. The largest absolute Gasteiger partial charge is 0.382 e. The van der Waals surface area contributed by atoms with Gasteiger partial charge in [-0.05, 0) is 29.8 Å². The highest BCUT2D eigenvalue weighted by molar-refractivity contribution is 6.42. The van der Waals surface area contributed by atoms with E-state index in [2.05, 4.69) is 20.3 Å². The van der Waals surface area contributed by atoms with E-state index in [9.17, 15) is 0 Å². The first-order valence-corrected chi connectivity index (χ1v) is 7.16. The van der Waals surface area contributed by atoms with Crippen LogP contribution in [0.25, 0.3) is 11.0 Å². The molecule has 0 aliphatic rings. The number of hydrogen-bond acceptors (Lipinski definition) is 6. The van der Waals surface area contributed by atoms with Crippen LogP contribution < -0.4 is 16.8 Å². The maximum atomic E-state index is 5.99. The molecular weight excluding hydrogens is 323 g/mol. The fourth-order valence-electron chi connectivity index (χ4n) is 2.00. The van der Waals surface area contributed by atoms with Crippen molar-refractivity contribution in [1.82, 2.24) is 15.0 Å². The number of pyridine rings is 1. The number of nitrogens with one attached hydrogen (secondary N) is 1. The Balaban J connectivity index is 1.83. The lowest BCUT2D eigenvalue weighted by molar-refractivity contribution is 1.12. The van der Waals surface area contributed by atoms with Crippen LogP contribution in [-0.2, 0) is 6.54 Å². The van der Waals surface area contributed by atoms with E-state index in [1.54, 1.807) is 24.3 Å². The summed E-state index contributed by atoms with van der Waals surface area (Å²) >= 11 is 11.9. The number of hydrogen-bond donors (Lipinski definition) is 3. The van der Waals surface area contributed by atoms with Gasteiger partial charge in [-0.1, -0.05) is 29.3 Å². The summed E-state index contributed by atoms with van der Waals surface area (Å²) in [5, 5.41) is 4.23. The second-order valence-electron chi connectivity index (χ2n) is 4.63. The lowest BCUT2D eigenvalue weighted by Gasteiger charge is -2.08. The highest BCUT2D eigenvalue weighted by atomic mass is 35.5. The van der Waals surface area contributed by atoms with Crippen LogP contribution in [0.3, 0.4) is 0 Å². The van der Waals surface area contributed by atoms with E-state index in [1.165, 1.54) is 0 Å². The minimum atomic E-state index is 0.128. The molecule has 0 saturated heterocycles. The summed E-state index contributed by atoms with van der Waals surface area (Å²) in [4.78, 5) is 12.4. The van der Waals surface area contributed by atoms with Crippen LogP contribution in [0.2, 0.25) is 10.0 Å². The Morgan fingerprint density at radius 2 is 1.77 bits per heavy atom. The summed E-state index contributed by atoms with van der Waals surface area (Å²) in [7, 11) is 0. The van der Waals surface area contributed by atoms with Gasteiger partial charge in [0.15, 0.2) is 5.82 Å². The van der Waals surface area contributed by atoms with Crippen molar-refractivity contribution < 1.29 is 0 Å². The number of anilines is 3. The third-order valence-corrected chi connectivity index (χ3v) is 3.78. The van der Waals surface area contributed by atoms with Gasteiger partial charge < -0.3 is 16.8 Å². The Kier molecular flexibility index (Phi) is 3.87. The number of aromatic nitrogens is 3. The predicted octanol–water partition coefficient (Wildman–Crippen LogP) is 3.11. The number of halogens is 2. The molecule has 6 nitrogen and oxygen atoms in total. The minimum Gasteiger partial charge on any atom is -0.382 e. The molecule has 112 valence electrons. The van der Waals surface area contributed by atoms with Crippen molar-refractivity contribution in [3.8, 4) is 0 Å². The minimum absolute atomic E-state index is 0.128. The average molecular weight is 335 g/mol. The van der Waals surface area contributed by atoms with Gasteiger partial charge in [0.1, 0.15) is 11.3 Å². The Hall–Kier alpha value is -2.31. The molecule has 0 unspecified atom stereocenters. The first-order chi connectivity index (χ1) is 10.5. The maximum Gasteiger partial charge on any atom is 0.222 e. The van der Waals surface area contributed by atoms with Crippen molar-refractivity contribution in [2.24, 2.45) is 0 Å². The molecule has 0 atom stereocenters. The number of nitrogens with zero attached hydrogens (tertiary/aromatic N) is 3. The van der Waals surface area contributed by atoms with Gasteiger partial charge in [0.05, 0.1) is 15.6 Å². The second-order valence-corrected chi connectivity index (χ2v) is 5.45. The molecule has 1 aromatic carbocycles. The summed E-state index contributed by atoms with van der Waals surface area (Å²) in [6.07, 6.45) is 0. The Morgan fingerprint density at radius 1 is 0.955 bits per heavy atom. The van der Waals surface area contributed by atoms with Crippen molar-refractivity contribution in [2.45, 2.75) is 6.54 Å². The number of nitrogen functional groups attached to an aromatic ring is 2. The fourth-order valence-corrected chi connectivity index (χ4v) is 2.32. The molecule has 2 heterocycles. The van der Waals surface area contributed by atoms with Gasteiger partial charge in [0, 0.05) is 6.54 Å². The van der Waals surface area contributed by atoms with Crippen LogP contribution in [0.5, 0.6) is 0 Å². The molecule has 0 amide bonds. The lowest BCUT2D eigenvalue weighted by atomic mass is 10.2. The van der Waals surface area contributed by atoms with Crippen LogP contribution >= 0.6 is 23.2 Å². The summed E-state index contributed by atoms with van der Waals surface area (Å²) in [5.74, 6) is 1.03. The number of nitrogens with two attached hydrogens (primary N) is 2. The topological polar surface area (TPSA) is 103 Å². The summed E-state index contributed by atoms with van der Waals surface area (Å²) in [6.45, 7) is 0.547. The van der Waals surface area contributed by atoms with Crippen LogP contribution in [0, 0.1) is 0 Å². The number of benzene rings is 1. The van der Waals surface area contributed by atoms with Crippen molar-refractivity contribution in [3.05, 3.63) is 45.9 Å². The van der Waals surface area contributed by atoms with Gasteiger partial charge in [0.25, 0.3) is 0 Å². The summed E-state index contributed by atoms with van der Waals surface area (Å²) in [6, 6.07) is 9.03. The zero-order chi connectivity index (χ0) is 15.7. The van der Waals surface area contributed by atoms with E-state index in [-0.39, 0.29) is 11.8 Å². The average Bonchev–Trinajstić information content (AvgIpc) is 2.48. The molecule has 0 aliphatic carbocycles. The Bertz CT molecular complexity index is 852. The van der Waals surface area contributed by atoms with Crippen LogP contribution in [0.1, 0.15) is 5.56 Å². The van der Waals surface area contributed by atoms with Crippen LogP contribution in [0.4, 0.5) is 17.6 Å². The van der Waals surface area contributed by atoms with E-state index in [4.69, 9.17) is 34.7 Å². The SMILES string of the molecule is Nc1nc(N)c2nc(NCc3ccc(Cl)c(Cl)c3)ccc2n1. The van der Waals surface area contributed by atoms with Gasteiger partial charge in [-0.2, -0.15) is 4.98 Å². The van der Waals surface area contributed by atoms with E-state index < -0.39 is 0 Å². The molecule has 0 saturated carbocycles. The van der Waals surface area contributed by atoms with E-state index in [0.29, 0.717) is 33.4 Å². The summed E-state index contributed by atoms with van der Waals surface area (Å²) < 4.78 is 0. The number of fused-ring (bicyclic) bond motifs is 1. The van der Waals surface area contributed by atoms with Crippen molar-refractivity contribution >= 4 is 51.8 Å². The normalized spacial score (nSPS) is 10.8. The summed E-state index contributed by atoms with van der Waals surface area (Å²) in [5.41, 5.74) is 13.5. The first-order valence-electron chi connectivity index (χ1n) is 6.40. The van der Waals surface area contributed by atoms with E-state index in [0.717, 1.165) is 5.56 Å². The zero-order valence-electron chi connectivity index (χ0n) is 11.3. The van der Waals surface area contributed by atoms with Gasteiger partial charge in [0.2, 0.25) is 5.95 Å². The lowest BCUT2D eigenvalue weighted by Crippen LogP contribution is -2.05. The van der Waals surface area contributed by atoms with Crippen molar-refractivity contribution in [1.29, 1.82) is 0 Å². The Morgan fingerprint density at radius 3 is 2.55 bits per heavy atom. The molecule has 0 fully saturated rings. The molecule has 0 bridgehead atoms. The highest BCUT2D eigenvalue weighted by Gasteiger charge is 2.06. The molecule has 8 heteroatoms. The standard InChI is InChI=1S/C14H12Cl2N6/c15-8-2-1-7(5-9(8)16)6-19-11-4-3-10-12(21-11)13(17)22-14(18)20-10/h1-5H,6H2,(H,19,21)(H4,17,18,20,22). The third-order valence-electron chi connectivity index (χ3n) is 3.04. The molecule has 2 aromatic heterocycles. The van der Waals surface area contributed by atoms with E-state index >= 15 is 0 Å². The molecule has 5 N–H and O–H groups in total. The first kappa shape index (κ1) is 14.6. The molecule has 22 heavy (non-hydrogen) atoms. The molecule has 3 rings (SSSR count). The highest BCUT2D eigenvalue weighted by Crippen LogP contribution is 2.23.